The quantitative estimate of drug-likeness (QED) is 0.334. The Morgan fingerprint density at radius 1 is 0.806 bits per heavy atom. The summed E-state index contributed by atoms with van der Waals surface area (Å²) in [5, 5.41) is 7.88. The van der Waals surface area contributed by atoms with Crippen molar-refractivity contribution in [2.24, 2.45) is 0 Å². The second-order valence-electron chi connectivity index (χ2n) is 6.64. The van der Waals surface area contributed by atoms with Crippen molar-refractivity contribution in [2.75, 3.05) is 0 Å². The second-order valence-corrected chi connectivity index (χ2v) is 6.64. The molecule has 0 aliphatic carbocycles. The number of ether oxygens (including phenoxy) is 2. The lowest BCUT2D eigenvalue weighted by Gasteiger charge is -2.06. The van der Waals surface area contributed by atoms with Crippen LogP contribution in [0.2, 0.25) is 0 Å². The van der Waals surface area contributed by atoms with Gasteiger partial charge in [-0.3, -0.25) is 4.79 Å². The van der Waals surface area contributed by atoms with Crippen molar-refractivity contribution in [3.8, 4) is 28.3 Å². The van der Waals surface area contributed by atoms with Gasteiger partial charge in [-0.05, 0) is 47.5 Å². The number of rotatable bonds is 6. The fraction of sp³-hybridized carbons (Fsp3) is 0.0833. The van der Waals surface area contributed by atoms with E-state index in [2.05, 4.69) is 10.2 Å². The van der Waals surface area contributed by atoms with Crippen LogP contribution in [0.5, 0.6) is 5.75 Å². The number of hydrogen-bond donors (Lipinski definition) is 0. The molecule has 0 spiro atoms. The minimum Gasteiger partial charge on any atom is -0.452 e. The van der Waals surface area contributed by atoms with Crippen LogP contribution in [0.3, 0.4) is 0 Å². The summed E-state index contributed by atoms with van der Waals surface area (Å²) in [6.07, 6.45) is 0. The average molecular weight is 414 g/mol. The van der Waals surface area contributed by atoms with E-state index in [0.29, 0.717) is 17.2 Å². The predicted molar refractivity (Wildman–Crippen MR) is 112 cm³/mol. The monoisotopic (exact) mass is 414 g/mol. The molecular formula is C24H18N2O5. The topological polar surface area (TPSA) is 91.5 Å². The lowest BCUT2D eigenvalue weighted by Crippen LogP contribution is -2.05. The molecule has 0 radical (unpaired) electrons. The molecule has 3 aromatic carbocycles. The largest absolute Gasteiger partial charge is 0.452 e. The molecule has 0 bridgehead atoms. The van der Waals surface area contributed by atoms with E-state index in [1.807, 2.05) is 54.6 Å². The van der Waals surface area contributed by atoms with Crippen LogP contribution in [0.15, 0.2) is 83.3 Å². The van der Waals surface area contributed by atoms with Crippen LogP contribution in [0, 0.1) is 0 Å². The molecule has 0 saturated heterocycles. The zero-order chi connectivity index (χ0) is 21.6. The number of carbonyl (C=O) groups excluding carboxylic acids is 2. The molecule has 7 nitrogen and oxygen atoms in total. The molecule has 0 unspecified atom stereocenters. The van der Waals surface area contributed by atoms with Crippen molar-refractivity contribution in [3.05, 3.63) is 90.3 Å². The highest BCUT2D eigenvalue weighted by Gasteiger charge is 2.12. The molecule has 0 amide bonds. The Bertz CT molecular complexity index is 1180. The Balaban J connectivity index is 1.36. The van der Waals surface area contributed by atoms with Gasteiger partial charge in [-0.2, -0.15) is 0 Å². The van der Waals surface area contributed by atoms with Crippen LogP contribution < -0.4 is 4.74 Å². The third-order valence-corrected chi connectivity index (χ3v) is 4.38. The van der Waals surface area contributed by atoms with E-state index in [1.165, 1.54) is 6.92 Å². The molecule has 0 atom stereocenters. The summed E-state index contributed by atoms with van der Waals surface area (Å²) in [6.45, 7) is 1.24. The van der Waals surface area contributed by atoms with Crippen LogP contribution in [-0.2, 0) is 16.1 Å². The van der Waals surface area contributed by atoms with E-state index in [0.717, 1.165) is 16.7 Å². The van der Waals surface area contributed by atoms with Crippen LogP contribution in [0.4, 0.5) is 0 Å². The van der Waals surface area contributed by atoms with Crippen LogP contribution in [0.1, 0.15) is 23.2 Å². The van der Waals surface area contributed by atoms with Gasteiger partial charge in [0.2, 0.25) is 5.89 Å². The second kappa shape index (κ2) is 9.04. The summed E-state index contributed by atoms with van der Waals surface area (Å²) in [5.74, 6) is 0.212. The molecule has 0 fully saturated rings. The van der Waals surface area contributed by atoms with E-state index in [-0.39, 0.29) is 18.5 Å². The van der Waals surface area contributed by atoms with E-state index in [9.17, 15) is 9.59 Å². The Kier molecular flexibility index (Phi) is 5.84. The fourth-order valence-electron chi connectivity index (χ4n) is 2.90. The maximum Gasteiger partial charge on any atom is 0.338 e. The molecule has 0 aliphatic rings. The smallest absolute Gasteiger partial charge is 0.338 e. The van der Waals surface area contributed by atoms with Crippen molar-refractivity contribution in [3.63, 3.8) is 0 Å². The van der Waals surface area contributed by atoms with E-state index < -0.39 is 5.97 Å². The molecule has 0 saturated carbocycles. The normalized spacial score (nSPS) is 10.5. The number of esters is 2. The van der Waals surface area contributed by atoms with Gasteiger partial charge in [0.15, 0.2) is 6.61 Å². The minimum absolute atomic E-state index is 0.113. The highest BCUT2D eigenvalue weighted by atomic mass is 16.5. The number of aromatic nitrogens is 2. The summed E-state index contributed by atoms with van der Waals surface area (Å²) in [6, 6.07) is 23.5. The van der Waals surface area contributed by atoms with Crippen molar-refractivity contribution >= 4 is 11.9 Å². The summed E-state index contributed by atoms with van der Waals surface area (Å²) in [7, 11) is 0. The first-order chi connectivity index (χ1) is 15.1. The molecule has 4 aromatic rings. The molecule has 0 N–H and O–H groups in total. The average Bonchev–Trinajstić information content (AvgIpc) is 3.27. The fourth-order valence-corrected chi connectivity index (χ4v) is 2.90. The zero-order valence-corrected chi connectivity index (χ0v) is 16.6. The maximum atomic E-state index is 12.3. The van der Waals surface area contributed by atoms with Gasteiger partial charge >= 0.3 is 11.9 Å². The first kappa shape index (κ1) is 20.0. The summed E-state index contributed by atoms with van der Waals surface area (Å²) in [4.78, 5) is 23.3. The maximum absolute atomic E-state index is 12.3. The molecule has 0 aliphatic heterocycles. The number of benzene rings is 3. The Labute approximate surface area is 178 Å². The Morgan fingerprint density at radius 3 is 2.10 bits per heavy atom. The van der Waals surface area contributed by atoms with Gasteiger partial charge in [-0.25, -0.2) is 4.79 Å². The molecule has 1 heterocycles. The molecule has 4 rings (SSSR count). The summed E-state index contributed by atoms with van der Waals surface area (Å²) < 4.78 is 15.8. The number of hydrogen-bond acceptors (Lipinski definition) is 7. The van der Waals surface area contributed by atoms with Crippen LogP contribution in [0.25, 0.3) is 22.6 Å². The van der Waals surface area contributed by atoms with Gasteiger partial charge in [-0.1, -0.05) is 42.5 Å². The van der Waals surface area contributed by atoms with Gasteiger partial charge in [0.05, 0.1) is 5.56 Å². The molecule has 154 valence electrons. The first-order valence-electron chi connectivity index (χ1n) is 9.52. The predicted octanol–water partition coefficient (Wildman–Crippen LogP) is 4.69. The number of nitrogens with zero attached hydrogens (tertiary/aromatic N) is 2. The van der Waals surface area contributed by atoms with Crippen LogP contribution in [-0.4, -0.2) is 22.1 Å². The van der Waals surface area contributed by atoms with Gasteiger partial charge in [0.1, 0.15) is 5.75 Å². The van der Waals surface area contributed by atoms with Gasteiger partial charge < -0.3 is 13.9 Å². The highest BCUT2D eigenvalue weighted by Crippen LogP contribution is 2.23. The number of carbonyl (C=O) groups is 2. The summed E-state index contributed by atoms with van der Waals surface area (Å²) in [5.41, 5.74) is 3.04. The van der Waals surface area contributed by atoms with Crippen molar-refractivity contribution in [1.82, 2.24) is 10.2 Å². The molecule has 1 aromatic heterocycles. The molecule has 31 heavy (non-hydrogen) atoms. The Hall–Kier alpha value is -4.26. The Morgan fingerprint density at radius 2 is 1.45 bits per heavy atom. The van der Waals surface area contributed by atoms with Crippen molar-refractivity contribution < 1.29 is 23.5 Å². The van der Waals surface area contributed by atoms with Crippen molar-refractivity contribution in [1.29, 1.82) is 0 Å². The SMILES string of the molecule is CC(=O)Oc1ccc(-c2ccc(C(=O)OCc3nnc(-c4ccccc4)o3)cc2)cc1. The highest BCUT2D eigenvalue weighted by molar-refractivity contribution is 5.90. The van der Waals surface area contributed by atoms with Gasteiger partial charge in [0, 0.05) is 12.5 Å². The van der Waals surface area contributed by atoms with E-state index >= 15 is 0 Å². The third-order valence-electron chi connectivity index (χ3n) is 4.38. The van der Waals surface area contributed by atoms with Gasteiger partial charge in [-0.15, -0.1) is 10.2 Å². The van der Waals surface area contributed by atoms with E-state index in [4.69, 9.17) is 13.9 Å². The standard InChI is InChI=1S/C24H18N2O5/c1-16(27)30-21-13-11-18(12-14-21)17-7-9-20(10-8-17)24(28)29-15-22-25-26-23(31-22)19-5-3-2-4-6-19/h2-14H,15H2,1H3. The lowest BCUT2D eigenvalue weighted by molar-refractivity contribution is -0.131. The molecule has 7 heteroatoms. The van der Waals surface area contributed by atoms with Crippen molar-refractivity contribution in [2.45, 2.75) is 13.5 Å². The van der Waals surface area contributed by atoms with Gasteiger partial charge in [0.25, 0.3) is 5.89 Å². The third kappa shape index (κ3) is 5.02. The lowest BCUT2D eigenvalue weighted by atomic mass is 10.0. The summed E-state index contributed by atoms with van der Waals surface area (Å²) >= 11 is 0. The minimum atomic E-state index is -0.490. The zero-order valence-electron chi connectivity index (χ0n) is 16.6. The first-order valence-corrected chi connectivity index (χ1v) is 9.52. The molecular weight excluding hydrogens is 396 g/mol. The van der Waals surface area contributed by atoms with Crippen LogP contribution >= 0.6 is 0 Å². The van der Waals surface area contributed by atoms with E-state index in [1.54, 1.807) is 24.3 Å².